The fourth-order valence-corrected chi connectivity index (χ4v) is 6.27. The molecule has 1 atom stereocenters. The summed E-state index contributed by atoms with van der Waals surface area (Å²) in [5.74, 6) is -2.20. The Balaban J connectivity index is 1.53. The van der Waals surface area contributed by atoms with Gasteiger partial charge in [-0.2, -0.15) is 0 Å². The van der Waals surface area contributed by atoms with Crippen LogP contribution in [-0.2, 0) is 23.4 Å². The third-order valence-electron chi connectivity index (χ3n) is 7.07. The molecule has 1 amide bonds. The molecule has 5 rings (SSSR count). The van der Waals surface area contributed by atoms with E-state index < -0.39 is 17.5 Å². The van der Waals surface area contributed by atoms with Crippen LogP contribution < -0.4 is 5.73 Å². The first kappa shape index (κ1) is 27.3. The molecular weight excluding hydrogens is 543 g/mol. The average Bonchev–Trinajstić information content (AvgIpc) is 3.27. The van der Waals surface area contributed by atoms with Gasteiger partial charge in [-0.15, -0.1) is 0 Å². The lowest BCUT2D eigenvalue weighted by atomic mass is 9.83. The number of benzene rings is 3. The molecule has 1 unspecified atom stereocenters. The number of aryl methyl sites for hydroxylation is 3. The normalized spacial score (nSPS) is 14.8. The van der Waals surface area contributed by atoms with Gasteiger partial charge in [0, 0.05) is 34.4 Å². The summed E-state index contributed by atoms with van der Waals surface area (Å²) in [6, 6.07) is 14.7. The number of halogens is 4. The minimum Gasteiger partial charge on any atom is -0.370 e. The molecule has 0 saturated carbocycles. The zero-order chi connectivity index (χ0) is 27.7. The number of carbonyl (C=O) groups excluding carboxylic acids is 1. The van der Waals surface area contributed by atoms with Gasteiger partial charge >= 0.3 is 0 Å². The van der Waals surface area contributed by atoms with Gasteiger partial charge in [-0.1, -0.05) is 35.5 Å². The first-order chi connectivity index (χ1) is 18.7. The van der Waals surface area contributed by atoms with Gasteiger partial charge in [0.05, 0.1) is 11.4 Å². The lowest BCUT2D eigenvalue weighted by molar-refractivity contribution is -0.118. The fraction of sp³-hybridized carbons (Fsp3) is 0.267. The molecule has 1 aliphatic rings. The van der Waals surface area contributed by atoms with Gasteiger partial charge in [-0.3, -0.25) is 9.36 Å². The monoisotopic (exact) mass is 569 g/mol. The van der Waals surface area contributed by atoms with Gasteiger partial charge in [0.15, 0.2) is 5.16 Å². The third kappa shape index (κ3) is 5.87. The number of amides is 1. The van der Waals surface area contributed by atoms with Crippen molar-refractivity contribution in [1.82, 2.24) is 9.55 Å². The van der Waals surface area contributed by atoms with E-state index in [1.54, 1.807) is 12.1 Å². The van der Waals surface area contributed by atoms with E-state index >= 15 is 0 Å². The summed E-state index contributed by atoms with van der Waals surface area (Å²) in [4.78, 5) is 16.0. The maximum Gasteiger partial charge on any atom is 0.217 e. The van der Waals surface area contributed by atoms with Crippen molar-refractivity contribution in [1.29, 1.82) is 0 Å². The predicted molar refractivity (Wildman–Crippen MR) is 148 cm³/mol. The predicted octanol–water partition coefficient (Wildman–Crippen LogP) is 7.43. The fourth-order valence-electron chi connectivity index (χ4n) is 5.09. The van der Waals surface area contributed by atoms with Crippen molar-refractivity contribution in [2.45, 2.75) is 55.9 Å². The van der Waals surface area contributed by atoms with Gasteiger partial charge in [0.1, 0.15) is 17.5 Å². The molecule has 1 aliphatic carbocycles. The molecule has 9 heteroatoms. The number of hydrogen-bond acceptors (Lipinski definition) is 3. The van der Waals surface area contributed by atoms with Crippen LogP contribution in [0.5, 0.6) is 0 Å². The Kier molecular flexibility index (Phi) is 8.05. The van der Waals surface area contributed by atoms with E-state index in [1.165, 1.54) is 36.0 Å². The number of imidazole rings is 1. The number of primary amides is 1. The van der Waals surface area contributed by atoms with Crippen LogP contribution >= 0.6 is 23.4 Å². The van der Waals surface area contributed by atoms with Crippen LogP contribution in [0.3, 0.4) is 0 Å². The standard InChI is InChI=1S/C30H27ClF3N3OS/c1-17-13-19(6-11-24(17)31)22-3-2-4-27-29(22)37(21-9-7-20(32)8-10-21)30(36-27)39-16-23-25(33)14-18(15-26(23)34)5-12-28(35)38/h6-11,13-15,22H,2-5,12,16H2,1H3,(H2,35,38). The van der Waals surface area contributed by atoms with Crippen LogP contribution in [0.4, 0.5) is 13.2 Å². The topological polar surface area (TPSA) is 60.9 Å². The van der Waals surface area contributed by atoms with E-state index in [4.69, 9.17) is 22.3 Å². The number of rotatable bonds is 8. The molecule has 4 aromatic rings. The molecule has 202 valence electrons. The highest BCUT2D eigenvalue weighted by Crippen LogP contribution is 2.42. The Labute approximate surface area is 234 Å². The summed E-state index contributed by atoms with van der Waals surface area (Å²) < 4.78 is 45.7. The van der Waals surface area contributed by atoms with Crippen LogP contribution in [0.25, 0.3) is 5.69 Å². The Bertz CT molecular complexity index is 1510. The summed E-state index contributed by atoms with van der Waals surface area (Å²) in [6.07, 6.45) is 2.81. The zero-order valence-corrected chi connectivity index (χ0v) is 22.9. The third-order valence-corrected chi connectivity index (χ3v) is 8.46. The molecule has 0 saturated heterocycles. The number of nitrogens with zero attached hydrogens (tertiary/aromatic N) is 2. The quantitative estimate of drug-likeness (QED) is 0.224. The van der Waals surface area contributed by atoms with Gasteiger partial charge in [-0.05, 0) is 91.8 Å². The van der Waals surface area contributed by atoms with Crippen LogP contribution in [0, 0.1) is 24.4 Å². The van der Waals surface area contributed by atoms with Crippen LogP contribution in [0.2, 0.25) is 5.02 Å². The molecule has 0 spiro atoms. The Morgan fingerprint density at radius 1 is 1.10 bits per heavy atom. The zero-order valence-electron chi connectivity index (χ0n) is 21.3. The molecule has 0 fully saturated rings. The van der Waals surface area contributed by atoms with Crippen LogP contribution in [-0.4, -0.2) is 15.5 Å². The lowest BCUT2D eigenvalue weighted by Gasteiger charge is -2.25. The van der Waals surface area contributed by atoms with E-state index in [-0.39, 0.29) is 35.9 Å². The number of nitrogens with two attached hydrogens (primary N) is 1. The summed E-state index contributed by atoms with van der Waals surface area (Å²) in [6.45, 7) is 1.97. The molecule has 4 nitrogen and oxygen atoms in total. The van der Waals surface area contributed by atoms with Gasteiger partial charge in [-0.25, -0.2) is 18.2 Å². The maximum absolute atomic E-state index is 14.9. The number of fused-ring (bicyclic) bond motifs is 1. The second-order valence-corrected chi connectivity index (χ2v) is 11.1. The molecule has 0 bridgehead atoms. The van der Waals surface area contributed by atoms with Crippen molar-refractivity contribution in [2.24, 2.45) is 5.73 Å². The van der Waals surface area contributed by atoms with Crippen LogP contribution in [0.15, 0.2) is 59.8 Å². The summed E-state index contributed by atoms with van der Waals surface area (Å²) in [5.41, 5.74) is 10.2. The van der Waals surface area contributed by atoms with E-state index in [0.29, 0.717) is 15.7 Å². The van der Waals surface area contributed by atoms with Gasteiger partial charge < -0.3 is 5.73 Å². The van der Waals surface area contributed by atoms with Gasteiger partial charge in [0.25, 0.3) is 0 Å². The molecular formula is C30H27ClF3N3OS. The highest BCUT2D eigenvalue weighted by molar-refractivity contribution is 7.98. The molecule has 2 N–H and O–H groups in total. The maximum atomic E-state index is 14.9. The lowest BCUT2D eigenvalue weighted by Crippen LogP contribution is -2.15. The second kappa shape index (κ2) is 11.5. The number of thioether (sulfide) groups is 1. The Morgan fingerprint density at radius 3 is 2.49 bits per heavy atom. The average molecular weight is 570 g/mol. The molecule has 39 heavy (non-hydrogen) atoms. The summed E-state index contributed by atoms with van der Waals surface area (Å²) in [7, 11) is 0. The van der Waals surface area contributed by atoms with Crippen molar-refractivity contribution >= 4 is 29.3 Å². The first-order valence-corrected chi connectivity index (χ1v) is 14.1. The molecule has 0 aliphatic heterocycles. The summed E-state index contributed by atoms with van der Waals surface area (Å²) in [5, 5.41) is 1.28. The summed E-state index contributed by atoms with van der Waals surface area (Å²) >= 11 is 7.52. The Morgan fingerprint density at radius 2 is 1.82 bits per heavy atom. The van der Waals surface area contributed by atoms with Gasteiger partial charge in [0.2, 0.25) is 5.91 Å². The number of aromatic nitrogens is 2. The second-order valence-electron chi connectivity index (χ2n) is 9.78. The Hall–Kier alpha value is -3.23. The van der Waals surface area contributed by atoms with E-state index in [9.17, 15) is 18.0 Å². The molecule has 0 radical (unpaired) electrons. The van der Waals surface area contributed by atoms with E-state index in [2.05, 4.69) is 6.07 Å². The van der Waals surface area contributed by atoms with Crippen LogP contribution in [0.1, 0.15) is 58.8 Å². The number of hydrogen-bond donors (Lipinski definition) is 1. The minimum absolute atomic E-state index is 0.00950. The SMILES string of the molecule is Cc1cc(C2CCCc3nc(SCc4c(F)cc(CCC(N)=O)cc4F)n(-c4ccc(F)cc4)c32)ccc1Cl. The van der Waals surface area contributed by atoms with E-state index in [0.717, 1.165) is 47.5 Å². The number of carbonyl (C=O) groups is 1. The first-order valence-electron chi connectivity index (χ1n) is 12.7. The highest BCUT2D eigenvalue weighted by Gasteiger charge is 2.30. The molecule has 1 heterocycles. The van der Waals surface area contributed by atoms with E-state index in [1.807, 2.05) is 23.6 Å². The van der Waals surface area contributed by atoms with Crippen molar-refractivity contribution in [3.8, 4) is 5.69 Å². The van der Waals surface area contributed by atoms with Crippen molar-refractivity contribution in [3.63, 3.8) is 0 Å². The smallest absolute Gasteiger partial charge is 0.217 e. The van der Waals surface area contributed by atoms with Crippen molar-refractivity contribution < 1.29 is 18.0 Å². The minimum atomic E-state index is -0.680. The molecule has 3 aromatic carbocycles. The largest absolute Gasteiger partial charge is 0.370 e. The highest BCUT2D eigenvalue weighted by atomic mass is 35.5. The van der Waals surface area contributed by atoms with Crippen molar-refractivity contribution in [3.05, 3.63) is 111 Å². The van der Waals surface area contributed by atoms with Crippen molar-refractivity contribution in [2.75, 3.05) is 0 Å². The molecule has 1 aromatic heterocycles.